The van der Waals surface area contributed by atoms with Crippen LogP contribution >= 0.6 is 0 Å². The molecule has 4 nitrogen and oxygen atoms in total. The van der Waals surface area contributed by atoms with Crippen LogP contribution in [0.3, 0.4) is 0 Å². The summed E-state index contributed by atoms with van der Waals surface area (Å²) in [5, 5.41) is 4.23. The Morgan fingerprint density at radius 3 is 2.29 bits per heavy atom. The number of hydrogen-bond acceptors (Lipinski definition) is 3. The molecule has 0 bridgehead atoms. The van der Waals surface area contributed by atoms with Crippen LogP contribution in [0.2, 0.25) is 0 Å². The lowest BCUT2D eigenvalue weighted by atomic mass is 10.1. The van der Waals surface area contributed by atoms with Crippen LogP contribution in [0.4, 0.5) is 11.5 Å². The van der Waals surface area contributed by atoms with Gasteiger partial charge in [0, 0.05) is 19.8 Å². The van der Waals surface area contributed by atoms with E-state index >= 15 is 0 Å². The van der Waals surface area contributed by atoms with Crippen LogP contribution in [-0.2, 0) is 0 Å². The van der Waals surface area contributed by atoms with Crippen molar-refractivity contribution in [3.8, 4) is 0 Å². The Morgan fingerprint density at radius 2 is 1.82 bits per heavy atom. The zero-order valence-corrected chi connectivity index (χ0v) is 10.5. The van der Waals surface area contributed by atoms with Crippen LogP contribution in [0, 0.1) is 0 Å². The molecular formula is C13H18N4. The average molecular weight is 230 g/mol. The molecule has 0 saturated carbocycles. The van der Waals surface area contributed by atoms with E-state index in [0.717, 1.165) is 0 Å². The number of nitrogen functional groups attached to an aromatic ring is 1. The first-order valence-electron chi connectivity index (χ1n) is 5.66. The van der Waals surface area contributed by atoms with E-state index in [0.29, 0.717) is 5.82 Å². The summed E-state index contributed by atoms with van der Waals surface area (Å²) in [6, 6.07) is 10.4. The highest BCUT2D eigenvalue weighted by Gasteiger charge is 2.10. The third kappa shape index (κ3) is 2.25. The summed E-state index contributed by atoms with van der Waals surface area (Å²) in [4.78, 5) is 2.08. The Bertz CT molecular complexity index is 484. The van der Waals surface area contributed by atoms with Gasteiger partial charge < -0.3 is 10.6 Å². The minimum absolute atomic E-state index is 0.154. The summed E-state index contributed by atoms with van der Waals surface area (Å²) >= 11 is 0. The lowest BCUT2D eigenvalue weighted by molar-refractivity contribution is 0.573. The van der Waals surface area contributed by atoms with Crippen LogP contribution in [0.15, 0.2) is 36.5 Å². The highest BCUT2D eigenvalue weighted by atomic mass is 15.3. The lowest BCUT2D eigenvalue weighted by Gasteiger charge is -2.17. The molecule has 0 aliphatic heterocycles. The van der Waals surface area contributed by atoms with Gasteiger partial charge in [-0.1, -0.05) is 12.1 Å². The van der Waals surface area contributed by atoms with Gasteiger partial charge in [-0.3, -0.25) is 0 Å². The van der Waals surface area contributed by atoms with E-state index in [1.807, 2.05) is 24.8 Å². The Balaban J connectivity index is 2.26. The van der Waals surface area contributed by atoms with Crippen LogP contribution in [0.5, 0.6) is 0 Å². The highest BCUT2D eigenvalue weighted by molar-refractivity contribution is 5.46. The molecule has 1 aromatic heterocycles. The van der Waals surface area contributed by atoms with Crippen molar-refractivity contribution in [1.29, 1.82) is 0 Å². The van der Waals surface area contributed by atoms with Crippen LogP contribution in [0.1, 0.15) is 18.5 Å². The van der Waals surface area contributed by atoms with Gasteiger partial charge >= 0.3 is 0 Å². The average Bonchev–Trinajstić information content (AvgIpc) is 2.74. The third-order valence-corrected chi connectivity index (χ3v) is 2.96. The second kappa shape index (κ2) is 4.49. The maximum Gasteiger partial charge on any atom is 0.122 e. The Morgan fingerprint density at radius 1 is 1.18 bits per heavy atom. The maximum atomic E-state index is 5.85. The number of hydrogen-bond donors (Lipinski definition) is 1. The van der Waals surface area contributed by atoms with Gasteiger partial charge in [-0.2, -0.15) is 5.10 Å². The van der Waals surface area contributed by atoms with Gasteiger partial charge in [-0.15, -0.1) is 0 Å². The van der Waals surface area contributed by atoms with E-state index in [-0.39, 0.29) is 6.04 Å². The number of benzene rings is 1. The quantitative estimate of drug-likeness (QED) is 0.878. The van der Waals surface area contributed by atoms with Crippen LogP contribution in [0.25, 0.3) is 0 Å². The lowest BCUT2D eigenvalue weighted by Crippen LogP contribution is -2.12. The molecule has 2 N–H and O–H groups in total. The fraction of sp³-hybridized carbons (Fsp3) is 0.308. The Kier molecular flexibility index (Phi) is 3.04. The monoisotopic (exact) mass is 230 g/mol. The molecule has 0 amide bonds. The third-order valence-electron chi connectivity index (χ3n) is 2.96. The van der Waals surface area contributed by atoms with Gasteiger partial charge in [0.15, 0.2) is 0 Å². The molecule has 90 valence electrons. The molecule has 0 saturated heterocycles. The molecule has 0 aliphatic rings. The van der Waals surface area contributed by atoms with Crippen molar-refractivity contribution in [3.05, 3.63) is 42.1 Å². The molecule has 0 spiro atoms. The first-order chi connectivity index (χ1) is 8.09. The zero-order chi connectivity index (χ0) is 12.4. The van der Waals surface area contributed by atoms with E-state index < -0.39 is 0 Å². The topological polar surface area (TPSA) is 47.1 Å². The summed E-state index contributed by atoms with van der Waals surface area (Å²) in [6.45, 7) is 2.09. The van der Waals surface area contributed by atoms with Crippen molar-refractivity contribution in [2.45, 2.75) is 13.0 Å². The SMILES string of the molecule is CC(c1ccc(N(C)C)cc1)n1nccc1N. The molecule has 0 radical (unpaired) electrons. The normalized spacial score (nSPS) is 12.4. The van der Waals surface area contributed by atoms with Gasteiger partial charge in [0.1, 0.15) is 5.82 Å². The van der Waals surface area contributed by atoms with Gasteiger partial charge in [0.2, 0.25) is 0 Å². The summed E-state index contributed by atoms with van der Waals surface area (Å²) in [7, 11) is 4.06. The Hall–Kier alpha value is -1.97. The molecule has 2 rings (SSSR count). The molecule has 4 heteroatoms. The largest absolute Gasteiger partial charge is 0.384 e. The highest BCUT2D eigenvalue weighted by Crippen LogP contribution is 2.22. The predicted molar refractivity (Wildman–Crippen MR) is 71.2 cm³/mol. The van der Waals surface area contributed by atoms with Gasteiger partial charge in [0.25, 0.3) is 0 Å². The van der Waals surface area contributed by atoms with E-state index in [2.05, 4.69) is 41.2 Å². The first-order valence-corrected chi connectivity index (χ1v) is 5.66. The van der Waals surface area contributed by atoms with Gasteiger partial charge in [-0.25, -0.2) is 4.68 Å². The standard InChI is InChI=1S/C13H18N4/c1-10(17-13(14)8-9-15-17)11-4-6-12(7-5-11)16(2)3/h4-10H,14H2,1-3H3. The second-order valence-corrected chi connectivity index (χ2v) is 4.36. The molecule has 1 aromatic carbocycles. The molecule has 1 heterocycles. The fourth-order valence-electron chi connectivity index (χ4n) is 1.84. The van der Waals surface area contributed by atoms with Crippen molar-refractivity contribution in [2.24, 2.45) is 0 Å². The number of nitrogens with zero attached hydrogens (tertiary/aromatic N) is 3. The van der Waals surface area contributed by atoms with Crippen molar-refractivity contribution in [3.63, 3.8) is 0 Å². The minimum Gasteiger partial charge on any atom is -0.384 e. The van der Waals surface area contributed by atoms with Crippen molar-refractivity contribution in [1.82, 2.24) is 9.78 Å². The smallest absolute Gasteiger partial charge is 0.122 e. The number of anilines is 2. The molecule has 1 unspecified atom stereocenters. The maximum absolute atomic E-state index is 5.85. The number of aromatic nitrogens is 2. The van der Waals surface area contributed by atoms with E-state index in [1.54, 1.807) is 6.20 Å². The van der Waals surface area contributed by atoms with E-state index in [9.17, 15) is 0 Å². The second-order valence-electron chi connectivity index (χ2n) is 4.36. The van der Waals surface area contributed by atoms with Crippen molar-refractivity contribution in [2.75, 3.05) is 24.7 Å². The molecule has 1 atom stereocenters. The molecule has 2 aromatic rings. The molecule has 0 aliphatic carbocycles. The molecule has 17 heavy (non-hydrogen) atoms. The van der Waals surface area contributed by atoms with Gasteiger partial charge in [0.05, 0.1) is 12.2 Å². The van der Waals surface area contributed by atoms with E-state index in [1.165, 1.54) is 11.3 Å². The first kappa shape index (κ1) is 11.5. The Labute approximate surface area is 102 Å². The summed E-state index contributed by atoms with van der Waals surface area (Å²) < 4.78 is 1.82. The molecular weight excluding hydrogens is 212 g/mol. The molecule has 0 fully saturated rings. The van der Waals surface area contributed by atoms with Crippen molar-refractivity contribution < 1.29 is 0 Å². The predicted octanol–water partition coefficient (Wildman–Crippen LogP) is 2.14. The summed E-state index contributed by atoms with van der Waals surface area (Å²) in [5.74, 6) is 0.689. The van der Waals surface area contributed by atoms with Crippen molar-refractivity contribution >= 4 is 11.5 Å². The summed E-state index contributed by atoms with van der Waals surface area (Å²) in [5.41, 5.74) is 8.24. The van der Waals surface area contributed by atoms with Crippen LogP contribution in [-0.4, -0.2) is 23.9 Å². The fourth-order valence-corrected chi connectivity index (χ4v) is 1.84. The van der Waals surface area contributed by atoms with Crippen LogP contribution < -0.4 is 10.6 Å². The number of rotatable bonds is 3. The van der Waals surface area contributed by atoms with Gasteiger partial charge in [-0.05, 0) is 30.7 Å². The summed E-state index contributed by atoms with van der Waals surface area (Å²) in [6.07, 6.45) is 1.72. The zero-order valence-electron chi connectivity index (χ0n) is 10.5. The minimum atomic E-state index is 0.154. The van der Waals surface area contributed by atoms with E-state index in [4.69, 9.17) is 5.73 Å². The number of nitrogens with two attached hydrogens (primary N) is 1.